The second-order valence-electron chi connectivity index (χ2n) is 5.80. The SMILES string of the molecule is Cl.Cn1ccnc1C1CNCCN1C(=O)Cc1ccc([N+](=O)[O-])cc1. The fourth-order valence-electron chi connectivity index (χ4n) is 2.94. The van der Waals surface area contributed by atoms with Crippen LogP contribution in [0.4, 0.5) is 5.69 Å². The molecular formula is C16H20ClN5O3. The Kier molecular flexibility index (Phi) is 6.11. The number of hydrogen-bond acceptors (Lipinski definition) is 5. The summed E-state index contributed by atoms with van der Waals surface area (Å²) in [4.78, 5) is 29.2. The highest BCUT2D eigenvalue weighted by molar-refractivity contribution is 5.85. The number of carbonyl (C=O) groups excluding carboxylic acids is 1. The number of benzene rings is 1. The molecule has 1 saturated heterocycles. The van der Waals surface area contributed by atoms with Crippen LogP contribution < -0.4 is 5.32 Å². The van der Waals surface area contributed by atoms with Crippen LogP contribution in [0.25, 0.3) is 0 Å². The van der Waals surface area contributed by atoms with Crippen LogP contribution in [0.5, 0.6) is 0 Å². The summed E-state index contributed by atoms with van der Waals surface area (Å²) in [6, 6.07) is 6.01. The monoisotopic (exact) mass is 365 g/mol. The van der Waals surface area contributed by atoms with E-state index in [-0.39, 0.29) is 36.5 Å². The third-order valence-electron chi connectivity index (χ3n) is 4.22. The number of non-ortho nitro benzene ring substituents is 1. The topological polar surface area (TPSA) is 93.3 Å². The van der Waals surface area contributed by atoms with Crippen LogP contribution in [0.2, 0.25) is 0 Å². The molecule has 2 aromatic rings. The molecule has 0 radical (unpaired) electrons. The number of nitrogens with zero attached hydrogens (tertiary/aromatic N) is 4. The standard InChI is InChI=1S/C16H19N5O3.ClH/c1-19-8-7-18-16(19)14-11-17-6-9-20(14)15(22)10-12-2-4-13(5-3-12)21(23)24;/h2-5,7-8,14,17H,6,9-11H2,1H3;1H. The number of nitro groups is 1. The Labute approximate surface area is 151 Å². The van der Waals surface area contributed by atoms with Crippen molar-refractivity contribution >= 4 is 24.0 Å². The number of nitrogens with one attached hydrogen (secondary N) is 1. The van der Waals surface area contributed by atoms with Crippen LogP contribution in [0.3, 0.4) is 0 Å². The van der Waals surface area contributed by atoms with Crippen LogP contribution in [-0.4, -0.2) is 44.9 Å². The van der Waals surface area contributed by atoms with Gasteiger partial charge >= 0.3 is 0 Å². The molecule has 3 rings (SSSR count). The van der Waals surface area contributed by atoms with Gasteiger partial charge in [-0.25, -0.2) is 4.98 Å². The lowest BCUT2D eigenvalue weighted by Crippen LogP contribution is -2.49. The average molecular weight is 366 g/mol. The van der Waals surface area contributed by atoms with E-state index in [1.165, 1.54) is 12.1 Å². The molecule has 0 aliphatic carbocycles. The van der Waals surface area contributed by atoms with Crippen molar-refractivity contribution in [2.24, 2.45) is 7.05 Å². The number of carbonyl (C=O) groups is 1. The van der Waals surface area contributed by atoms with E-state index in [1.54, 1.807) is 18.3 Å². The van der Waals surface area contributed by atoms with Crippen LogP contribution in [-0.2, 0) is 18.3 Å². The zero-order valence-electron chi connectivity index (χ0n) is 13.8. The van der Waals surface area contributed by atoms with E-state index in [0.29, 0.717) is 13.1 Å². The third kappa shape index (κ3) is 4.15. The van der Waals surface area contributed by atoms with Crippen molar-refractivity contribution in [2.75, 3.05) is 19.6 Å². The van der Waals surface area contributed by atoms with Gasteiger partial charge in [-0.2, -0.15) is 0 Å². The summed E-state index contributed by atoms with van der Waals surface area (Å²) in [6.07, 6.45) is 3.81. The molecule has 2 heterocycles. The van der Waals surface area contributed by atoms with Crippen LogP contribution in [0.1, 0.15) is 17.4 Å². The number of amides is 1. The van der Waals surface area contributed by atoms with Crippen LogP contribution >= 0.6 is 12.4 Å². The Morgan fingerprint density at radius 2 is 2.12 bits per heavy atom. The molecule has 134 valence electrons. The second-order valence-corrected chi connectivity index (χ2v) is 5.80. The number of aromatic nitrogens is 2. The minimum absolute atomic E-state index is 0. The molecule has 1 aromatic heterocycles. The molecule has 8 nitrogen and oxygen atoms in total. The molecule has 1 amide bonds. The second kappa shape index (κ2) is 8.09. The number of imidazole rings is 1. The summed E-state index contributed by atoms with van der Waals surface area (Å²) in [5.74, 6) is 0.845. The van der Waals surface area contributed by atoms with E-state index < -0.39 is 4.92 Å². The van der Waals surface area contributed by atoms with Crippen molar-refractivity contribution in [1.82, 2.24) is 19.8 Å². The van der Waals surface area contributed by atoms with Gasteiger partial charge in [0, 0.05) is 51.2 Å². The molecule has 0 spiro atoms. The fourth-order valence-corrected chi connectivity index (χ4v) is 2.94. The quantitative estimate of drug-likeness (QED) is 0.654. The largest absolute Gasteiger partial charge is 0.336 e. The highest BCUT2D eigenvalue weighted by atomic mass is 35.5. The minimum Gasteiger partial charge on any atom is -0.336 e. The zero-order valence-corrected chi connectivity index (χ0v) is 14.6. The molecule has 1 aliphatic rings. The Balaban J connectivity index is 0.00000225. The highest BCUT2D eigenvalue weighted by Crippen LogP contribution is 2.22. The Morgan fingerprint density at radius 3 is 2.72 bits per heavy atom. The number of halogens is 1. The molecule has 0 saturated carbocycles. The number of piperazine rings is 1. The molecule has 1 aromatic carbocycles. The third-order valence-corrected chi connectivity index (χ3v) is 4.22. The maximum absolute atomic E-state index is 12.7. The average Bonchev–Trinajstić information content (AvgIpc) is 3.01. The van der Waals surface area contributed by atoms with Crippen molar-refractivity contribution in [3.05, 3.63) is 58.2 Å². The van der Waals surface area contributed by atoms with Crippen LogP contribution in [0, 0.1) is 10.1 Å². The molecule has 1 N–H and O–H groups in total. The van der Waals surface area contributed by atoms with E-state index in [0.717, 1.165) is 17.9 Å². The number of hydrogen-bond donors (Lipinski definition) is 1. The number of nitro benzene ring substituents is 1. The molecule has 9 heteroatoms. The molecule has 1 unspecified atom stereocenters. The number of rotatable bonds is 4. The lowest BCUT2D eigenvalue weighted by Gasteiger charge is -2.35. The Morgan fingerprint density at radius 1 is 1.40 bits per heavy atom. The van der Waals surface area contributed by atoms with E-state index >= 15 is 0 Å². The fraction of sp³-hybridized carbons (Fsp3) is 0.375. The summed E-state index contributed by atoms with van der Waals surface area (Å²) in [7, 11) is 1.91. The van der Waals surface area contributed by atoms with E-state index in [4.69, 9.17) is 0 Å². The first-order chi connectivity index (χ1) is 11.6. The lowest BCUT2D eigenvalue weighted by molar-refractivity contribution is -0.384. The lowest BCUT2D eigenvalue weighted by atomic mass is 10.1. The maximum Gasteiger partial charge on any atom is 0.269 e. The Bertz CT molecular complexity index is 746. The van der Waals surface area contributed by atoms with Gasteiger partial charge in [-0.3, -0.25) is 14.9 Å². The molecule has 1 atom stereocenters. The van der Waals surface area contributed by atoms with Gasteiger partial charge in [0.25, 0.3) is 5.69 Å². The van der Waals surface area contributed by atoms with Gasteiger partial charge in [0.1, 0.15) is 11.9 Å². The van der Waals surface area contributed by atoms with Gasteiger partial charge in [0.15, 0.2) is 0 Å². The van der Waals surface area contributed by atoms with E-state index in [1.807, 2.05) is 22.7 Å². The maximum atomic E-state index is 12.7. The van der Waals surface area contributed by atoms with Gasteiger partial charge < -0.3 is 14.8 Å². The normalized spacial score (nSPS) is 17.0. The van der Waals surface area contributed by atoms with E-state index in [2.05, 4.69) is 10.3 Å². The molecule has 0 bridgehead atoms. The first kappa shape index (κ1) is 18.9. The smallest absolute Gasteiger partial charge is 0.269 e. The van der Waals surface area contributed by atoms with Crippen LogP contribution in [0.15, 0.2) is 36.7 Å². The Hall–Kier alpha value is -2.45. The van der Waals surface area contributed by atoms with Gasteiger partial charge in [0.05, 0.1) is 11.3 Å². The van der Waals surface area contributed by atoms with Gasteiger partial charge in [-0.15, -0.1) is 12.4 Å². The summed E-state index contributed by atoms with van der Waals surface area (Å²) in [5, 5.41) is 14.0. The number of aryl methyl sites for hydroxylation is 1. The molecular weight excluding hydrogens is 346 g/mol. The van der Waals surface area contributed by atoms with Gasteiger partial charge in [-0.05, 0) is 5.56 Å². The minimum atomic E-state index is -0.445. The van der Waals surface area contributed by atoms with Crippen molar-refractivity contribution in [2.45, 2.75) is 12.5 Å². The van der Waals surface area contributed by atoms with Gasteiger partial charge in [-0.1, -0.05) is 12.1 Å². The van der Waals surface area contributed by atoms with Crippen molar-refractivity contribution in [3.63, 3.8) is 0 Å². The predicted octanol–water partition coefficient (Wildman–Crippen LogP) is 1.47. The van der Waals surface area contributed by atoms with E-state index in [9.17, 15) is 14.9 Å². The highest BCUT2D eigenvalue weighted by Gasteiger charge is 2.30. The summed E-state index contributed by atoms with van der Waals surface area (Å²) in [5.41, 5.74) is 0.794. The molecule has 1 fully saturated rings. The summed E-state index contributed by atoms with van der Waals surface area (Å²) < 4.78 is 1.92. The first-order valence-corrected chi connectivity index (χ1v) is 7.77. The van der Waals surface area contributed by atoms with Crippen molar-refractivity contribution < 1.29 is 9.72 Å². The first-order valence-electron chi connectivity index (χ1n) is 7.77. The van der Waals surface area contributed by atoms with Crippen molar-refractivity contribution in [3.8, 4) is 0 Å². The van der Waals surface area contributed by atoms with Crippen molar-refractivity contribution in [1.29, 1.82) is 0 Å². The molecule has 1 aliphatic heterocycles. The van der Waals surface area contributed by atoms with Gasteiger partial charge in [0.2, 0.25) is 5.91 Å². The predicted molar refractivity (Wildman–Crippen MR) is 94.6 cm³/mol. The zero-order chi connectivity index (χ0) is 17.1. The summed E-state index contributed by atoms with van der Waals surface area (Å²) >= 11 is 0. The molecule has 25 heavy (non-hydrogen) atoms. The summed E-state index contributed by atoms with van der Waals surface area (Å²) in [6.45, 7) is 2.02.